The van der Waals surface area contributed by atoms with Crippen molar-refractivity contribution in [2.45, 2.75) is 6.92 Å². The third kappa shape index (κ3) is 2.75. The lowest BCUT2D eigenvalue weighted by Crippen LogP contribution is -2.13. The third-order valence-electron chi connectivity index (χ3n) is 2.74. The van der Waals surface area contributed by atoms with Gasteiger partial charge in [-0.15, -0.1) is 0 Å². The zero-order valence-electron chi connectivity index (χ0n) is 10.6. The molecule has 4 nitrogen and oxygen atoms in total. The molecule has 2 N–H and O–H groups in total. The number of hydrogen-bond acceptors (Lipinski definition) is 3. The molecule has 0 aliphatic carbocycles. The highest BCUT2D eigenvalue weighted by Crippen LogP contribution is 2.21. The van der Waals surface area contributed by atoms with Crippen molar-refractivity contribution in [1.29, 1.82) is 5.26 Å². The molecular weight excluding hydrogens is 259 g/mol. The maximum atomic E-state index is 13.6. The van der Waals surface area contributed by atoms with Gasteiger partial charge in [0.25, 0.3) is 5.91 Å². The number of halogens is 1. The van der Waals surface area contributed by atoms with Crippen molar-refractivity contribution in [2.75, 3.05) is 5.32 Å². The Morgan fingerprint density at radius 3 is 2.65 bits per heavy atom. The number of rotatable bonds is 2. The first-order valence-corrected chi connectivity index (χ1v) is 5.82. The highest BCUT2D eigenvalue weighted by Gasteiger charge is 2.13. The molecule has 2 aromatic rings. The number of aryl methyl sites for hydroxylation is 1. The quantitative estimate of drug-likeness (QED) is 0.881. The number of nitriles is 1. The number of amides is 1. The van der Waals surface area contributed by atoms with Crippen molar-refractivity contribution >= 4 is 11.6 Å². The predicted molar refractivity (Wildman–Crippen MR) is 71.9 cm³/mol. The summed E-state index contributed by atoms with van der Waals surface area (Å²) in [5.74, 6) is -1.49. The Kier molecular flexibility index (Phi) is 3.67. The average molecular weight is 270 g/mol. The number of carbonyl (C=O) groups is 1. The molecule has 0 bridgehead atoms. The van der Waals surface area contributed by atoms with Gasteiger partial charge in [-0.3, -0.25) is 4.79 Å². The number of phenols is 1. The Labute approximate surface area is 115 Å². The van der Waals surface area contributed by atoms with Crippen LogP contribution in [0.4, 0.5) is 10.1 Å². The Morgan fingerprint density at radius 2 is 2.05 bits per heavy atom. The molecule has 5 heteroatoms. The van der Waals surface area contributed by atoms with E-state index in [1.165, 1.54) is 24.3 Å². The van der Waals surface area contributed by atoms with Gasteiger partial charge in [0.15, 0.2) is 0 Å². The maximum absolute atomic E-state index is 13.6. The summed E-state index contributed by atoms with van der Waals surface area (Å²) in [6.07, 6.45) is 0. The molecule has 20 heavy (non-hydrogen) atoms. The highest BCUT2D eigenvalue weighted by atomic mass is 19.1. The van der Waals surface area contributed by atoms with Gasteiger partial charge >= 0.3 is 0 Å². The summed E-state index contributed by atoms with van der Waals surface area (Å²) in [5, 5.41) is 20.7. The van der Waals surface area contributed by atoms with Crippen LogP contribution in [-0.2, 0) is 0 Å². The van der Waals surface area contributed by atoms with E-state index >= 15 is 0 Å². The van der Waals surface area contributed by atoms with Gasteiger partial charge in [0.2, 0.25) is 0 Å². The van der Waals surface area contributed by atoms with E-state index in [1.54, 1.807) is 19.1 Å². The number of carbonyl (C=O) groups excluding carboxylic acids is 1. The van der Waals surface area contributed by atoms with E-state index in [9.17, 15) is 14.3 Å². The summed E-state index contributed by atoms with van der Waals surface area (Å²) < 4.78 is 13.6. The van der Waals surface area contributed by atoms with Crippen LogP contribution in [0.15, 0.2) is 36.4 Å². The Balaban J connectivity index is 2.26. The smallest absolute Gasteiger partial charge is 0.259 e. The fraction of sp³-hybridized carbons (Fsp3) is 0.0667. The number of nitrogens with one attached hydrogen (secondary N) is 1. The van der Waals surface area contributed by atoms with Crippen LogP contribution >= 0.6 is 0 Å². The van der Waals surface area contributed by atoms with Crippen LogP contribution in [0.1, 0.15) is 21.5 Å². The molecule has 0 aliphatic rings. The van der Waals surface area contributed by atoms with Crippen molar-refractivity contribution in [3.8, 4) is 11.8 Å². The van der Waals surface area contributed by atoms with E-state index in [1.807, 2.05) is 0 Å². The number of benzene rings is 2. The minimum atomic E-state index is -0.705. The predicted octanol–water partition coefficient (Wildman–Crippen LogP) is 2.96. The van der Waals surface area contributed by atoms with Crippen molar-refractivity contribution in [1.82, 2.24) is 0 Å². The second kappa shape index (κ2) is 5.41. The lowest BCUT2D eigenvalue weighted by molar-refractivity contribution is 0.102. The van der Waals surface area contributed by atoms with Gasteiger partial charge in [0.1, 0.15) is 11.6 Å². The molecule has 0 heterocycles. The number of hydrogen-bond donors (Lipinski definition) is 2. The maximum Gasteiger partial charge on any atom is 0.259 e. The van der Waals surface area contributed by atoms with Crippen LogP contribution in [0, 0.1) is 24.1 Å². The Hall–Kier alpha value is -2.87. The largest absolute Gasteiger partial charge is 0.507 e. The Morgan fingerprint density at radius 1 is 1.30 bits per heavy atom. The van der Waals surface area contributed by atoms with Crippen LogP contribution in [0.2, 0.25) is 0 Å². The van der Waals surface area contributed by atoms with Crippen LogP contribution in [0.25, 0.3) is 0 Å². The van der Waals surface area contributed by atoms with E-state index in [0.717, 1.165) is 11.6 Å². The van der Waals surface area contributed by atoms with E-state index < -0.39 is 11.7 Å². The zero-order chi connectivity index (χ0) is 14.7. The molecule has 0 saturated carbocycles. The fourth-order valence-corrected chi connectivity index (χ4v) is 1.71. The lowest BCUT2D eigenvalue weighted by Gasteiger charge is -2.08. The van der Waals surface area contributed by atoms with Gasteiger partial charge in [-0.05, 0) is 42.8 Å². The second-order valence-electron chi connectivity index (χ2n) is 4.28. The molecule has 1 amide bonds. The van der Waals surface area contributed by atoms with Gasteiger partial charge in [0, 0.05) is 0 Å². The highest BCUT2D eigenvalue weighted by molar-refractivity contribution is 6.06. The minimum Gasteiger partial charge on any atom is -0.507 e. The van der Waals surface area contributed by atoms with Gasteiger partial charge in [-0.2, -0.15) is 5.26 Å². The summed E-state index contributed by atoms with van der Waals surface area (Å²) in [7, 11) is 0. The third-order valence-corrected chi connectivity index (χ3v) is 2.74. The zero-order valence-corrected chi connectivity index (χ0v) is 10.6. The first-order valence-electron chi connectivity index (χ1n) is 5.82. The molecule has 0 atom stereocenters. The van der Waals surface area contributed by atoms with Gasteiger partial charge in [-0.1, -0.05) is 6.07 Å². The molecular formula is C15H11FN2O2. The van der Waals surface area contributed by atoms with Crippen LogP contribution in [0.5, 0.6) is 5.75 Å². The molecule has 2 rings (SSSR count). The summed E-state index contributed by atoms with van der Waals surface area (Å²) in [6, 6.07) is 10.1. The van der Waals surface area contributed by atoms with Crippen molar-refractivity contribution in [2.24, 2.45) is 0 Å². The first-order chi connectivity index (χ1) is 9.51. The Bertz CT molecular complexity index is 720. The molecule has 100 valence electrons. The van der Waals surface area contributed by atoms with Crippen molar-refractivity contribution in [3.63, 3.8) is 0 Å². The van der Waals surface area contributed by atoms with E-state index in [-0.39, 0.29) is 22.6 Å². The standard InChI is InChI=1S/C15H11FN2O2/c1-9-2-4-11(14(19)6-9)15(20)18-13-5-3-10(8-17)7-12(13)16/h2-7,19H,1H3,(H,18,20). The van der Waals surface area contributed by atoms with Crippen molar-refractivity contribution in [3.05, 3.63) is 58.9 Å². The van der Waals surface area contributed by atoms with Crippen LogP contribution in [0.3, 0.4) is 0 Å². The topological polar surface area (TPSA) is 73.1 Å². The SMILES string of the molecule is Cc1ccc(C(=O)Nc2ccc(C#N)cc2F)c(O)c1. The number of aromatic hydroxyl groups is 1. The molecule has 0 aromatic heterocycles. The molecule has 0 saturated heterocycles. The molecule has 0 spiro atoms. The summed E-state index contributed by atoms with van der Waals surface area (Å²) in [4.78, 5) is 12.0. The summed E-state index contributed by atoms with van der Waals surface area (Å²) in [5.41, 5.74) is 0.982. The average Bonchev–Trinajstić information content (AvgIpc) is 2.40. The van der Waals surface area contributed by atoms with Crippen LogP contribution in [-0.4, -0.2) is 11.0 Å². The van der Waals surface area contributed by atoms with E-state index in [2.05, 4.69) is 5.32 Å². The normalized spacial score (nSPS) is 9.85. The van der Waals surface area contributed by atoms with E-state index in [4.69, 9.17) is 5.26 Å². The molecule has 2 aromatic carbocycles. The molecule has 0 fully saturated rings. The fourth-order valence-electron chi connectivity index (χ4n) is 1.71. The van der Waals surface area contributed by atoms with Gasteiger partial charge < -0.3 is 10.4 Å². The lowest BCUT2D eigenvalue weighted by atomic mass is 10.1. The van der Waals surface area contributed by atoms with Crippen molar-refractivity contribution < 1.29 is 14.3 Å². The van der Waals surface area contributed by atoms with E-state index in [0.29, 0.717) is 0 Å². The molecule has 0 aliphatic heterocycles. The number of anilines is 1. The number of nitrogens with zero attached hydrogens (tertiary/aromatic N) is 1. The van der Waals surface area contributed by atoms with Gasteiger partial charge in [-0.25, -0.2) is 4.39 Å². The van der Waals surface area contributed by atoms with Crippen LogP contribution < -0.4 is 5.32 Å². The second-order valence-corrected chi connectivity index (χ2v) is 4.28. The summed E-state index contributed by atoms with van der Waals surface area (Å²) in [6.45, 7) is 1.78. The van der Waals surface area contributed by atoms with Gasteiger partial charge in [0.05, 0.1) is 22.9 Å². The molecule has 0 radical (unpaired) electrons. The molecule has 0 unspecified atom stereocenters. The number of phenolic OH excluding ortho intramolecular Hbond substituents is 1. The first kappa shape index (κ1) is 13.6. The summed E-state index contributed by atoms with van der Waals surface area (Å²) >= 11 is 0. The minimum absolute atomic E-state index is 0.0472. The monoisotopic (exact) mass is 270 g/mol.